The number of furan rings is 1. The number of hydrogen-bond donors (Lipinski definition) is 2. The van der Waals surface area contributed by atoms with Gasteiger partial charge < -0.3 is 19.8 Å². The molecule has 0 aliphatic heterocycles. The Labute approximate surface area is 194 Å². The Morgan fingerprint density at radius 1 is 0.971 bits per heavy atom. The standard InChI is InChI=1S/C26H22F2N2O4/c1-16(18-6-4-7-21(14-18)33-26(27)28)29-24(31)13-17-9-11-20(12-10-17)30-25(32)23-15-19-5-2-3-8-22(19)34-23/h2-12,14-16,26H,13H2,1H3,(H,29,31)(H,30,32). The molecule has 1 atom stereocenters. The minimum absolute atomic E-state index is 0.0360. The Morgan fingerprint density at radius 3 is 2.47 bits per heavy atom. The summed E-state index contributed by atoms with van der Waals surface area (Å²) in [7, 11) is 0. The van der Waals surface area contributed by atoms with Crippen molar-refractivity contribution in [1.29, 1.82) is 0 Å². The van der Waals surface area contributed by atoms with E-state index >= 15 is 0 Å². The van der Waals surface area contributed by atoms with Gasteiger partial charge in [0.25, 0.3) is 5.91 Å². The van der Waals surface area contributed by atoms with Crippen LogP contribution in [0.2, 0.25) is 0 Å². The van der Waals surface area contributed by atoms with Gasteiger partial charge in [0, 0.05) is 11.1 Å². The van der Waals surface area contributed by atoms with E-state index in [9.17, 15) is 18.4 Å². The van der Waals surface area contributed by atoms with Crippen molar-refractivity contribution in [3.63, 3.8) is 0 Å². The Hall–Kier alpha value is -4.20. The average molecular weight is 464 g/mol. The second kappa shape index (κ2) is 10.2. The predicted molar refractivity (Wildman–Crippen MR) is 124 cm³/mol. The second-order valence-corrected chi connectivity index (χ2v) is 7.72. The van der Waals surface area contributed by atoms with Crippen LogP contribution in [0, 0.1) is 0 Å². The highest BCUT2D eigenvalue weighted by Crippen LogP contribution is 2.22. The summed E-state index contributed by atoms with van der Waals surface area (Å²) in [6, 6.07) is 21.8. The molecule has 4 rings (SSSR count). The quantitative estimate of drug-likeness (QED) is 0.350. The molecule has 0 spiro atoms. The van der Waals surface area contributed by atoms with Crippen LogP contribution in [-0.4, -0.2) is 18.4 Å². The van der Waals surface area contributed by atoms with Gasteiger partial charge in [0.2, 0.25) is 5.91 Å². The fourth-order valence-corrected chi connectivity index (χ4v) is 3.51. The van der Waals surface area contributed by atoms with Crippen LogP contribution in [0.1, 0.15) is 34.6 Å². The van der Waals surface area contributed by atoms with Crippen molar-refractivity contribution in [2.75, 3.05) is 5.32 Å². The van der Waals surface area contributed by atoms with Gasteiger partial charge in [-0.1, -0.05) is 42.5 Å². The SMILES string of the molecule is CC(NC(=O)Cc1ccc(NC(=O)c2cc3ccccc3o2)cc1)c1cccc(OC(F)F)c1. The Kier molecular flexibility index (Phi) is 6.87. The number of carbonyl (C=O) groups excluding carboxylic acids is 2. The monoisotopic (exact) mass is 464 g/mol. The van der Waals surface area contributed by atoms with Crippen LogP contribution >= 0.6 is 0 Å². The van der Waals surface area contributed by atoms with Crippen molar-refractivity contribution in [3.8, 4) is 5.75 Å². The number of alkyl halides is 2. The first-order valence-corrected chi connectivity index (χ1v) is 10.6. The van der Waals surface area contributed by atoms with E-state index in [-0.39, 0.29) is 29.7 Å². The Balaban J connectivity index is 1.32. The highest BCUT2D eigenvalue weighted by Gasteiger charge is 2.14. The Morgan fingerprint density at radius 2 is 1.74 bits per heavy atom. The Bertz CT molecular complexity index is 1270. The molecule has 0 fully saturated rings. The third-order valence-electron chi connectivity index (χ3n) is 5.19. The summed E-state index contributed by atoms with van der Waals surface area (Å²) >= 11 is 0. The largest absolute Gasteiger partial charge is 0.451 e. The average Bonchev–Trinajstić information content (AvgIpc) is 3.25. The molecule has 0 aliphatic carbocycles. The summed E-state index contributed by atoms with van der Waals surface area (Å²) in [5.74, 6) is -0.351. The molecule has 0 aliphatic rings. The number of hydrogen-bond acceptors (Lipinski definition) is 4. The fourth-order valence-electron chi connectivity index (χ4n) is 3.51. The van der Waals surface area contributed by atoms with E-state index in [2.05, 4.69) is 15.4 Å². The number of carbonyl (C=O) groups is 2. The van der Waals surface area contributed by atoms with E-state index in [4.69, 9.17) is 4.42 Å². The molecule has 2 N–H and O–H groups in total. The number of nitrogens with one attached hydrogen (secondary N) is 2. The molecule has 4 aromatic rings. The van der Waals surface area contributed by atoms with Crippen LogP contribution in [0.4, 0.5) is 14.5 Å². The molecule has 6 nitrogen and oxygen atoms in total. The van der Waals surface area contributed by atoms with Gasteiger partial charge >= 0.3 is 6.61 Å². The normalized spacial score (nSPS) is 11.9. The molecular formula is C26H22F2N2O4. The highest BCUT2D eigenvalue weighted by molar-refractivity contribution is 6.04. The number of ether oxygens (including phenoxy) is 1. The number of halogens is 2. The van der Waals surface area contributed by atoms with Crippen LogP contribution in [0.5, 0.6) is 5.75 Å². The number of amides is 2. The zero-order valence-corrected chi connectivity index (χ0v) is 18.3. The van der Waals surface area contributed by atoms with E-state index < -0.39 is 12.7 Å². The lowest BCUT2D eigenvalue weighted by Gasteiger charge is -2.16. The summed E-state index contributed by atoms with van der Waals surface area (Å²) in [5.41, 5.74) is 2.60. The molecule has 1 heterocycles. The summed E-state index contributed by atoms with van der Waals surface area (Å²) in [4.78, 5) is 24.9. The molecule has 1 unspecified atom stereocenters. The molecule has 0 bridgehead atoms. The molecule has 174 valence electrons. The van der Waals surface area contributed by atoms with Crippen molar-refractivity contribution in [2.24, 2.45) is 0 Å². The zero-order valence-electron chi connectivity index (χ0n) is 18.3. The van der Waals surface area contributed by atoms with Gasteiger partial charge in [0.05, 0.1) is 12.5 Å². The molecule has 0 saturated carbocycles. The predicted octanol–water partition coefficient (Wildman–Crippen LogP) is 5.71. The molecule has 3 aromatic carbocycles. The fraction of sp³-hybridized carbons (Fsp3) is 0.154. The molecule has 0 saturated heterocycles. The van der Waals surface area contributed by atoms with Crippen molar-refractivity contribution < 1.29 is 27.5 Å². The zero-order chi connectivity index (χ0) is 24.1. The lowest BCUT2D eigenvalue weighted by molar-refractivity contribution is -0.121. The number of rotatable bonds is 8. The summed E-state index contributed by atoms with van der Waals surface area (Å²) < 4.78 is 34.8. The third-order valence-corrected chi connectivity index (χ3v) is 5.19. The van der Waals surface area contributed by atoms with Gasteiger partial charge in [0.15, 0.2) is 5.76 Å². The number of para-hydroxylation sites is 1. The third kappa shape index (κ3) is 5.78. The van der Waals surface area contributed by atoms with Crippen LogP contribution in [0.25, 0.3) is 11.0 Å². The summed E-state index contributed by atoms with van der Waals surface area (Å²) in [5, 5.41) is 6.46. The highest BCUT2D eigenvalue weighted by atomic mass is 19.3. The van der Waals surface area contributed by atoms with Crippen molar-refractivity contribution in [2.45, 2.75) is 26.0 Å². The van der Waals surface area contributed by atoms with Gasteiger partial charge in [-0.3, -0.25) is 9.59 Å². The van der Waals surface area contributed by atoms with Crippen molar-refractivity contribution in [3.05, 3.63) is 95.7 Å². The summed E-state index contributed by atoms with van der Waals surface area (Å²) in [6.45, 7) is -1.15. The first-order chi connectivity index (χ1) is 16.4. The van der Waals surface area contributed by atoms with Crippen molar-refractivity contribution in [1.82, 2.24) is 5.32 Å². The lowest BCUT2D eigenvalue weighted by atomic mass is 10.1. The second-order valence-electron chi connectivity index (χ2n) is 7.72. The molecule has 8 heteroatoms. The first kappa shape index (κ1) is 23.0. The number of benzene rings is 3. The minimum Gasteiger partial charge on any atom is -0.451 e. The first-order valence-electron chi connectivity index (χ1n) is 10.6. The van der Waals surface area contributed by atoms with Crippen molar-refractivity contribution >= 4 is 28.5 Å². The molecule has 0 radical (unpaired) electrons. The molecule has 34 heavy (non-hydrogen) atoms. The van der Waals surface area contributed by atoms with E-state index in [0.717, 1.165) is 10.9 Å². The van der Waals surface area contributed by atoms with Crippen LogP contribution in [0.3, 0.4) is 0 Å². The van der Waals surface area contributed by atoms with Gasteiger partial charge in [-0.05, 0) is 54.4 Å². The molecule has 2 amide bonds. The van der Waals surface area contributed by atoms with E-state index in [0.29, 0.717) is 16.8 Å². The topological polar surface area (TPSA) is 80.6 Å². The van der Waals surface area contributed by atoms with E-state index in [1.165, 1.54) is 12.1 Å². The maximum atomic E-state index is 12.5. The van der Waals surface area contributed by atoms with Crippen LogP contribution < -0.4 is 15.4 Å². The van der Waals surface area contributed by atoms with E-state index in [1.54, 1.807) is 55.5 Å². The maximum absolute atomic E-state index is 12.5. The van der Waals surface area contributed by atoms with Crippen LogP contribution in [0.15, 0.2) is 83.3 Å². The van der Waals surface area contributed by atoms with Gasteiger partial charge in [-0.2, -0.15) is 8.78 Å². The minimum atomic E-state index is -2.91. The smallest absolute Gasteiger partial charge is 0.387 e. The molecule has 1 aromatic heterocycles. The van der Waals surface area contributed by atoms with E-state index in [1.807, 2.05) is 18.2 Å². The number of fused-ring (bicyclic) bond motifs is 1. The van der Waals surface area contributed by atoms with Gasteiger partial charge in [-0.15, -0.1) is 0 Å². The van der Waals surface area contributed by atoms with Gasteiger partial charge in [-0.25, -0.2) is 0 Å². The maximum Gasteiger partial charge on any atom is 0.387 e. The number of anilines is 1. The van der Waals surface area contributed by atoms with Gasteiger partial charge in [0.1, 0.15) is 11.3 Å². The molecular weight excluding hydrogens is 442 g/mol. The van der Waals surface area contributed by atoms with Crippen LogP contribution in [-0.2, 0) is 11.2 Å². The lowest BCUT2D eigenvalue weighted by Crippen LogP contribution is -2.28. The summed E-state index contributed by atoms with van der Waals surface area (Å²) in [6.07, 6.45) is 0.120.